The summed E-state index contributed by atoms with van der Waals surface area (Å²) in [6, 6.07) is 9.75. The largest absolute Gasteiger partial charge is 0.493 e. The number of carbonyl (C=O) groups is 1. The van der Waals surface area contributed by atoms with Crippen molar-refractivity contribution < 1.29 is 23.4 Å². The summed E-state index contributed by atoms with van der Waals surface area (Å²) >= 11 is 0. The van der Waals surface area contributed by atoms with E-state index in [0.717, 1.165) is 52.7 Å². The third-order valence-electron chi connectivity index (χ3n) is 6.40. The summed E-state index contributed by atoms with van der Waals surface area (Å²) in [5.41, 5.74) is 4.36. The monoisotopic (exact) mass is 463 g/mol. The first-order valence-electron chi connectivity index (χ1n) is 11.8. The molecule has 0 N–H and O–H groups in total. The smallest absolute Gasteiger partial charge is 0.246 e. The van der Waals surface area contributed by atoms with Gasteiger partial charge in [0.2, 0.25) is 5.91 Å². The number of ether oxygens (including phenoxy) is 3. The second-order valence-electron chi connectivity index (χ2n) is 8.86. The highest BCUT2D eigenvalue weighted by Crippen LogP contribution is 2.40. The van der Waals surface area contributed by atoms with Gasteiger partial charge in [-0.15, -0.1) is 0 Å². The second-order valence-corrected chi connectivity index (χ2v) is 8.86. The van der Waals surface area contributed by atoms with Gasteiger partial charge in [0.15, 0.2) is 11.5 Å². The van der Waals surface area contributed by atoms with E-state index in [1.54, 1.807) is 26.6 Å². The molecule has 1 saturated heterocycles. The van der Waals surface area contributed by atoms with Crippen LogP contribution in [0, 0.1) is 5.92 Å². The molecule has 0 spiro atoms. The van der Waals surface area contributed by atoms with Crippen molar-refractivity contribution in [1.82, 2.24) is 4.90 Å². The number of carbonyl (C=O) groups excluding carboxylic acids is 1. The quantitative estimate of drug-likeness (QED) is 0.392. The molecule has 1 unspecified atom stereocenters. The molecular formula is C28H33NO5. The van der Waals surface area contributed by atoms with Crippen LogP contribution in [0.2, 0.25) is 0 Å². The van der Waals surface area contributed by atoms with Crippen molar-refractivity contribution in [3.63, 3.8) is 0 Å². The number of furan rings is 1. The highest BCUT2D eigenvalue weighted by molar-refractivity contribution is 6.00. The lowest BCUT2D eigenvalue weighted by Crippen LogP contribution is -2.38. The van der Waals surface area contributed by atoms with Crippen LogP contribution >= 0.6 is 0 Å². The van der Waals surface area contributed by atoms with Gasteiger partial charge in [0.25, 0.3) is 0 Å². The topological polar surface area (TPSA) is 61.1 Å². The van der Waals surface area contributed by atoms with Crippen LogP contribution in [0.1, 0.15) is 39.2 Å². The van der Waals surface area contributed by atoms with Gasteiger partial charge in [0.1, 0.15) is 11.3 Å². The minimum Gasteiger partial charge on any atom is -0.493 e. The van der Waals surface area contributed by atoms with Crippen LogP contribution in [0.5, 0.6) is 17.2 Å². The summed E-state index contributed by atoms with van der Waals surface area (Å²) in [4.78, 5) is 14.9. The first kappa shape index (κ1) is 23.7. The molecule has 1 aromatic heterocycles. The van der Waals surface area contributed by atoms with Crippen molar-refractivity contribution in [1.29, 1.82) is 0 Å². The minimum atomic E-state index is 0.0545. The molecule has 0 aliphatic carbocycles. The number of allylic oxidation sites excluding steroid dienone is 1. The fraction of sp³-hybridized carbons (Fsp3) is 0.393. The lowest BCUT2D eigenvalue weighted by Gasteiger charge is -2.30. The number of hydrogen-bond acceptors (Lipinski definition) is 5. The molecule has 1 fully saturated rings. The number of benzene rings is 2. The first-order valence-corrected chi connectivity index (χ1v) is 11.8. The highest BCUT2D eigenvalue weighted by atomic mass is 16.5. The molecular weight excluding hydrogens is 430 g/mol. The molecule has 180 valence electrons. The van der Waals surface area contributed by atoms with Crippen LogP contribution in [-0.2, 0) is 4.79 Å². The Morgan fingerprint density at radius 2 is 1.94 bits per heavy atom. The Morgan fingerprint density at radius 1 is 1.15 bits per heavy atom. The number of piperidine rings is 1. The van der Waals surface area contributed by atoms with Gasteiger partial charge in [-0.1, -0.05) is 13.0 Å². The van der Waals surface area contributed by atoms with Gasteiger partial charge in [0.05, 0.1) is 27.1 Å². The van der Waals surface area contributed by atoms with Crippen LogP contribution in [-0.4, -0.2) is 44.7 Å². The van der Waals surface area contributed by atoms with Gasteiger partial charge in [0, 0.05) is 41.7 Å². The molecule has 0 radical (unpaired) electrons. The van der Waals surface area contributed by atoms with E-state index >= 15 is 0 Å². The van der Waals surface area contributed by atoms with Gasteiger partial charge in [-0.3, -0.25) is 4.79 Å². The minimum absolute atomic E-state index is 0.0545. The fourth-order valence-corrected chi connectivity index (χ4v) is 4.61. The molecule has 6 nitrogen and oxygen atoms in total. The van der Waals surface area contributed by atoms with Crippen LogP contribution in [0.4, 0.5) is 0 Å². The number of methoxy groups -OCH3 is 2. The Morgan fingerprint density at radius 3 is 2.65 bits per heavy atom. The SMILES string of the molecule is CCOc1cc2occ(-c3ccc(OC)c(OC)c3)c2cc1/C(C)=C/C(=O)N1CCCC(C)C1. The average Bonchev–Trinajstić information content (AvgIpc) is 3.26. The Kier molecular flexibility index (Phi) is 7.15. The maximum Gasteiger partial charge on any atom is 0.246 e. The molecule has 1 amide bonds. The fourth-order valence-electron chi connectivity index (χ4n) is 4.61. The van der Waals surface area contributed by atoms with Gasteiger partial charge in [-0.2, -0.15) is 0 Å². The maximum atomic E-state index is 13.0. The Bertz CT molecular complexity index is 1210. The zero-order chi connectivity index (χ0) is 24.2. The molecule has 0 bridgehead atoms. The van der Waals surface area contributed by atoms with Crippen LogP contribution in [0.25, 0.3) is 27.7 Å². The van der Waals surface area contributed by atoms with Crippen molar-refractivity contribution in [3.8, 4) is 28.4 Å². The van der Waals surface area contributed by atoms with Crippen molar-refractivity contribution in [2.75, 3.05) is 33.9 Å². The van der Waals surface area contributed by atoms with E-state index in [2.05, 4.69) is 6.92 Å². The second kappa shape index (κ2) is 10.2. The summed E-state index contributed by atoms with van der Waals surface area (Å²) in [7, 11) is 3.24. The zero-order valence-corrected chi connectivity index (χ0v) is 20.6. The van der Waals surface area contributed by atoms with E-state index in [9.17, 15) is 4.79 Å². The molecule has 2 aromatic carbocycles. The molecule has 6 heteroatoms. The van der Waals surface area contributed by atoms with Gasteiger partial charge in [-0.05, 0) is 61.9 Å². The number of amides is 1. The summed E-state index contributed by atoms with van der Waals surface area (Å²) in [5, 5.41) is 0.942. The lowest BCUT2D eigenvalue weighted by atomic mass is 9.98. The van der Waals surface area contributed by atoms with Crippen LogP contribution < -0.4 is 14.2 Å². The molecule has 1 atom stereocenters. The van der Waals surface area contributed by atoms with Crippen molar-refractivity contribution in [2.45, 2.75) is 33.6 Å². The number of nitrogens with zero attached hydrogens (tertiary/aromatic N) is 1. The van der Waals surface area contributed by atoms with E-state index in [0.29, 0.717) is 29.8 Å². The predicted molar refractivity (Wildman–Crippen MR) is 135 cm³/mol. The van der Waals surface area contributed by atoms with Gasteiger partial charge < -0.3 is 23.5 Å². The number of likely N-dealkylation sites (tertiary alicyclic amines) is 1. The van der Waals surface area contributed by atoms with Gasteiger partial charge in [-0.25, -0.2) is 0 Å². The normalized spacial score (nSPS) is 16.6. The van der Waals surface area contributed by atoms with E-state index < -0.39 is 0 Å². The van der Waals surface area contributed by atoms with E-state index in [1.165, 1.54) is 6.42 Å². The first-order chi connectivity index (χ1) is 16.4. The molecule has 4 rings (SSSR count). The third-order valence-corrected chi connectivity index (χ3v) is 6.40. The number of hydrogen-bond donors (Lipinski definition) is 0. The Hall–Kier alpha value is -3.41. The maximum absolute atomic E-state index is 13.0. The summed E-state index contributed by atoms with van der Waals surface area (Å²) in [6.45, 7) is 8.26. The zero-order valence-electron chi connectivity index (χ0n) is 20.6. The average molecular weight is 464 g/mol. The molecule has 0 saturated carbocycles. The summed E-state index contributed by atoms with van der Waals surface area (Å²) in [5.74, 6) is 2.62. The summed E-state index contributed by atoms with van der Waals surface area (Å²) in [6.07, 6.45) is 5.71. The summed E-state index contributed by atoms with van der Waals surface area (Å²) < 4.78 is 22.7. The van der Waals surface area contributed by atoms with Crippen molar-refractivity contribution >= 4 is 22.4 Å². The van der Waals surface area contributed by atoms with Crippen LogP contribution in [0.15, 0.2) is 47.1 Å². The van der Waals surface area contributed by atoms with E-state index in [-0.39, 0.29) is 5.91 Å². The predicted octanol–water partition coefficient (Wildman–Crippen LogP) is 6.18. The lowest BCUT2D eigenvalue weighted by molar-refractivity contribution is -0.127. The van der Waals surface area contributed by atoms with Gasteiger partial charge >= 0.3 is 0 Å². The molecule has 1 aliphatic rings. The molecule has 34 heavy (non-hydrogen) atoms. The van der Waals surface area contributed by atoms with E-state index in [4.69, 9.17) is 18.6 Å². The number of rotatable bonds is 7. The highest BCUT2D eigenvalue weighted by Gasteiger charge is 2.21. The van der Waals surface area contributed by atoms with Crippen molar-refractivity contribution in [2.24, 2.45) is 5.92 Å². The van der Waals surface area contributed by atoms with E-state index in [1.807, 2.05) is 49.1 Å². The third kappa shape index (κ3) is 4.76. The standard InChI is InChI=1S/C28H33NO5/c1-6-33-25-15-26-22(23(17-34-26)20-9-10-24(31-4)27(13-20)32-5)14-21(25)19(3)12-28(30)29-11-7-8-18(2)16-29/h9-10,12-15,17-18H,6-8,11,16H2,1-5H3/b19-12+. The van der Waals surface area contributed by atoms with Crippen molar-refractivity contribution in [3.05, 3.63) is 48.2 Å². The number of fused-ring (bicyclic) bond motifs is 1. The Balaban J connectivity index is 1.75. The Labute approximate surface area is 201 Å². The molecule has 1 aliphatic heterocycles. The molecule has 2 heterocycles. The molecule has 3 aromatic rings. The van der Waals surface area contributed by atoms with Crippen LogP contribution in [0.3, 0.4) is 0 Å².